The number of carbonyl (C=O) groups is 3. The molecule has 0 aliphatic carbocycles. The van der Waals surface area contributed by atoms with Gasteiger partial charge in [-0.25, -0.2) is 9.18 Å². The predicted octanol–water partition coefficient (Wildman–Crippen LogP) is -0.376. The van der Waals surface area contributed by atoms with Gasteiger partial charge >= 0.3 is 12.0 Å². The van der Waals surface area contributed by atoms with Crippen molar-refractivity contribution in [2.75, 3.05) is 18.4 Å². The van der Waals surface area contributed by atoms with Crippen LogP contribution in [0.1, 0.15) is 0 Å². The van der Waals surface area contributed by atoms with Crippen molar-refractivity contribution < 1.29 is 23.9 Å². The topological polar surface area (TPSA) is 126 Å². The highest BCUT2D eigenvalue weighted by Crippen LogP contribution is 2.07. The first-order chi connectivity index (χ1) is 8.88. The number of amides is 3. The summed E-state index contributed by atoms with van der Waals surface area (Å²) in [6.45, 7) is -1.28. The number of aromatic nitrogens is 1. The fourth-order valence-corrected chi connectivity index (χ4v) is 1.23. The van der Waals surface area contributed by atoms with Crippen LogP contribution in [-0.4, -0.2) is 46.0 Å². The fraction of sp³-hybridized carbons (Fsp3) is 0.200. The Hall–Kier alpha value is -2.71. The van der Waals surface area contributed by atoms with Crippen molar-refractivity contribution in [2.45, 2.75) is 0 Å². The Bertz CT molecular complexity index is 492. The molecule has 1 aromatic heterocycles. The SMILES string of the molecule is NC(=O)CN(CC(=O)O)C(=O)Nc1cncc(F)c1. The maximum absolute atomic E-state index is 12.8. The van der Waals surface area contributed by atoms with Crippen molar-refractivity contribution in [1.82, 2.24) is 9.88 Å². The molecule has 0 saturated carbocycles. The summed E-state index contributed by atoms with van der Waals surface area (Å²) < 4.78 is 12.8. The monoisotopic (exact) mass is 270 g/mol. The summed E-state index contributed by atoms with van der Waals surface area (Å²) in [6.07, 6.45) is 2.11. The van der Waals surface area contributed by atoms with Crippen molar-refractivity contribution in [3.8, 4) is 0 Å². The van der Waals surface area contributed by atoms with E-state index in [2.05, 4.69) is 10.3 Å². The van der Waals surface area contributed by atoms with Gasteiger partial charge in [0.05, 0.1) is 18.1 Å². The number of aliphatic carboxylic acids is 1. The Morgan fingerprint density at radius 3 is 2.58 bits per heavy atom. The normalized spacial score (nSPS) is 9.74. The molecule has 1 aromatic rings. The van der Waals surface area contributed by atoms with Crippen LogP contribution < -0.4 is 11.1 Å². The molecule has 1 heterocycles. The average Bonchev–Trinajstić information content (AvgIpc) is 2.26. The molecule has 0 saturated heterocycles. The number of nitrogens with zero attached hydrogens (tertiary/aromatic N) is 2. The van der Waals surface area contributed by atoms with E-state index in [1.807, 2.05) is 0 Å². The minimum absolute atomic E-state index is 0.0323. The number of nitrogens with two attached hydrogens (primary N) is 1. The van der Waals surface area contributed by atoms with E-state index in [0.717, 1.165) is 12.3 Å². The third kappa shape index (κ3) is 4.98. The molecule has 0 radical (unpaired) electrons. The van der Waals surface area contributed by atoms with Crippen LogP contribution in [0.25, 0.3) is 0 Å². The number of carboxylic acids is 1. The Balaban J connectivity index is 2.76. The smallest absolute Gasteiger partial charge is 0.323 e. The molecule has 1 rings (SSSR count). The van der Waals surface area contributed by atoms with Crippen molar-refractivity contribution in [1.29, 1.82) is 0 Å². The highest BCUT2D eigenvalue weighted by Gasteiger charge is 2.19. The number of hydrogen-bond acceptors (Lipinski definition) is 4. The first-order valence-corrected chi connectivity index (χ1v) is 5.05. The van der Waals surface area contributed by atoms with Crippen LogP contribution in [-0.2, 0) is 9.59 Å². The van der Waals surface area contributed by atoms with E-state index in [-0.39, 0.29) is 5.69 Å². The van der Waals surface area contributed by atoms with E-state index in [1.165, 1.54) is 6.20 Å². The second-order valence-electron chi connectivity index (χ2n) is 3.54. The van der Waals surface area contributed by atoms with Gasteiger partial charge in [-0.1, -0.05) is 0 Å². The van der Waals surface area contributed by atoms with E-state index < -0.39 is 36.8 Å². The molecular weight excluding hydrogens is 259 g/mol. The molecule has 102 valence electrons. The standard InChI is InChI=1S/C10H11FN4O4/c11-6-1-7(3-13-2-6)14-10(19)15(4-8(12)16)5-9(17)18/h1-3H,4-5H2,(H2,12,16)(H,14,19)(H,17,18). The van der Waals surface area contributed by atoms with Gasteiger partial charge in [0.25, 0.3) is 0 Å². The Morgan fingerprint density at radius 2 is 2.05 bits per heavy atom. The molecule has 0 fully saturated rings. The summed E-state index contributed by atoms with van der Waals surface area (Å²) in [6, 6.07) is 0.0993. The van der Waals surface area contributed by atoms with Crippen molar-refractivity contribution in [2.24, 2.45) is 5.73 Å². The molecule has 0 atom stereocenters. The van der Waals surface area contributed by atoms with Crippen LogP contribution in [0.5, 0.6) is 0 Å². The maximum Gasteiger partial charge on any atom is 0.323 e. The van der Waals surface area contributed by atoms with Gasteiger partial charge in [-0.2, -0.15) is 0 Å². The number of carbonyl (C=O) groups excluding carboxylic acids is 2. The van der Waals surface area contributed by atoms with Gasteiger partial charge in [-0.3, -0.25) is 14.6 Å². The van der Waals surface area contributed by atoms with Gasteiger partial charge in [-0.05, 0) is 0 Å². The molecule has 0 aliphatic heterocycles. The lowest BCUT2D eigenvalue weighted by atomic mass is 10.4. The van der Waals surface area contributed by atoms with Gasteiger partial charge in [0, 0.05) is 6.07 Å². The zero-order valence-corrected chi connectivity index (χ0v) is 9.67. The number of hydrogen-bond donors (Lipinski definition) is 3. The third-order valence-corrected chi connectivity index (χ3v) is 1.92. The average molecular weight is 270 g/mol. The molecule has 19 heavy (non-hydrogen) atoms. The zero-order chi connectivity index (χ0) is 14.4. The highest BCUT2D eigenvalue weighted by atomic mass is 19.1. The quantitative estimate of drug-likeness (QED) is 0.672. The van der Waals surface area contributed by atoms with Crippen LogP contribution in [0.15, 0.2) is 18.5 Å². The molecule has 8 nitrogen and oxygen atoms in total. The lowest BCUT2D eigenvalue weighted by Gasteiger charge is -2.19. The van der Waals surface area contributed by atoms with Crippen LogP contribution >= 0.6 is 0 Å². The number of nitrogens with one attached hydrogen (secondary N) is 1. The highest BCUT2D eigenvalue weighted by molar-refractivity contribution is 5.93. The van der Waals surface area contributed by atoms with Gasteiger partial charge < -0.3 is 21.1 Å². The minimum Gasteiger partial charge on any atom is -0.480 e. The first kappa shape index (κ1) is 14.4. The summed E-state index contributed by atoms with van der Waals surface area (Å²) in [5.74, 6) is -2.85. The number of halogens is 1. The predicted molar refractivity (Wildman–Crippen MR) is 61.6 cm³/mol. The Labute approximate surface area is 107 Å². The molecule has 4 N–H and O–H groups in total. The number of carboxylic acid groups (broad SMARTS) is 1. The number of rotatable bonds is 5. The van der Waals surface area contributed by atoms with E-state index in [9.17, 15) is 18.8 Å². The van der Waals surface area contributed by atoms with E-state index in [1.54, 1.807) is 0 Å². The summed E-state index contributed by atoms with van der Waals surface area (Å²) in [4.78, 5) is 37.2. The first-order valence-electron chi connectivity index (χ1n) is 5.05. The van der Waals surface area contributed by atoms with E-state index in [4.69, 9.17) is 10.8 Å². The van der Waals surface area contributed by atoms with Crippen molar-refractivity contribution >= 4 is 23.6 Å². The number of anilines is 1. The van der Waals surface area contributed by atoms with Crippen LogP contribution in [0.3, 0.4) is 0 Å². The van der Waals surface area contributed by atoms with Gasteiger partial charge in [0.15, 0.2) is 0 Å². The summed E-state index contributed by atoms with van der Waals surface area (Å²) in [5.41, 5.74) is 4.93. The van der Waals surface area contributed by atoms with Gasteiger partial charge in [-0.15, -0.1) is 0 Å². The Kier molecular flexibility index (Phi) is 4.75. The molecule has 0 aliphatic rings. The minimum atomic E-state index is -1.31. The van der Waals surface area contributed by atoms with E-state index in [0.29, 0.717) is 4.90 Å². The zero-order valence-electron chi connectivity index (χ0n) is 9.67. The lowest BCUT2D eigenvalue weighted by Crippen LogP contribution is -2.43. The number of urea groups is 1. The second-order valence-corrected chi connectivity index (χ2v) is 3.54. The fourth-order valence-electron chi connectivity index (χ4n) is 1.23. The third-order valence-electron chi connectivity index (χ3n) is 1.92. The molecule has 0 unspecified atom stereocenters. The van der Waals surface area contributed by atoms with Crippen molar-refractivity contribution in [3.63, 3.8) is 0 Å². The molecule has 0 bridgehead atoms. The van der Waals surface area contributed by atoms with Crippen molar-refractivity contribution in [3.05, 3.63) is 24.3 Å². The largest absolute Gasteiger partial charge is 0.480 e. The van der Waals surface area contributed by atoms with Crippen LogP contribution in [0.4, 0.5) is 14.9 Å². The maximum atomic E-state index is 12.8. The van der Waals surface area contributed by atoms with Crippen LogP contribution in [0, 0.1) is 5.82 Å². The Morgan fingerprint density at radius 1 is 1.37 bits per heavy atom. The molecular formula is C10H11FN4O4. The van der Waals surface area contributed by atoms with Gasteiger partial charge in [0.2, 0.25) is 5.91 Å². The summed E-state index contributed by atoms with van der Waals surface area (Å²) in [7, 11) is 0. The van der Waals surface area contributed by atoms with Gasteiger partial charge in [0.1, 0.15) is 18.9 Å². The van der Waals surface area contributed by atoms with Crippen LogP contribution in [0.2, 0.25) is 0 Å². The lowest BCUT2D eigenvalue weighted by molar-refractivity contribution is -0.137. The molecule has 9 heteroatoms. The van der Waals surface area contributed by atoms with E-state index >= 15 is 0 Å². The summed E-state index contributed by atoms with van der Waals surface area (Å²) >= 11 is 0. The number of pyridine rings is 1. The second kappa shape index (κ2) is 6.28. The molecule has 0 spiro atoms. The number of primary amides is 1. The summed E-state index contributed by atoms with van der Waals surface area (Å²) in [5, 5.41) is 10.8. The molecule has 3 amide bonds. The molecule has 0 aromatic carbocycles.